The summed E-state index contributed by atoms with van der Waals surface area (Å²) < 4.78 is 32.4. The summed E-state index contributed by atoms with van der Waals surface area (Å²) in [7, 11) is -4.14. The van der Waals surface area contributed by atoms with Crippen molar-refractivity contribution in [2.75, 3.05) is 0 Å². The van der Waals surface area contributed by atoms with E-state index in [0.29, 0.717) is 6.42 Å². The third-order valence-electron chi connectivity index (χ3n) is 5.53. The Morgan fingerprint density at radius 2 is 1.00 bits per heavy atom. The van der Waals surface area contributed by atoms with E-state index in [4.69, 9.17) is 0 Å². The number of hydrogen-bond donors (Lipinski definition) is 1. The van der Waals surface area contributed by atoms with Crippen molar-refractivity contribution in [3.8, 4) is 0 Å². The third kappa shape index (κ3) is 22.2. The molecular weight excluding hydrogens is 399 g/mol. The summed E-state index contributed by atoms with van der Waals surface area (Å²) in [5.74, 6) is 0. The van der Waals surface area contributed by atoms with Gasteiger partial charge in [0.1, 0.15) is 0 Å². The molecule has 0 aliphatic heterocycles. The first kappa shape index (κ1) is 31.7. The van der Waals surface area contributed by atoms with Gasteiger partial charge in [-0.2, -0.15) is 0 Å². The Kier molecular flexibility index (Phi) is 24.6. The molecule has 0 aliphatic carbocycles. The first-order valence-electron chi connectivity index (χ1n) is 11.5. The van der Waals surface area contributed by atoms with Gasteiger partial charge < -0.3 is 9.66 Å². The molecule has 0 spiro atoms. The fourth-order valence-corrected chi connectivity index (χ4v) is 3.95. The third-order valence-corrected chi connectivity index (χ3v) is 6.75. The second-order valence-electron chi connectivity index (χ2n) is 8.27. The van der Waals surface area contributed by atoms with Crippen molar-refractivity contribution in [1.29, 1.82) is 0 Å². The van der Waals surface area contributed by atoms with Crippen molar-refractivity contribution in [2.45, 2.75) is 141 Å². The Balaban J connectivity index is 0. The van der Waals surface area contributed by atoms with Gasteiger partial charge in [0.2, 0.25) is 0 Å². The van der Waals surface area contributed by atoms with E-state index in [1.54, 1.807) is 0 Å². The molecule has 0 fully saturated rings. The van der Waals surface area contributed by atoms with Crippen LogP contribution in [0.3, 0.4) is 0 Å². The molecule has 0 bridgehead atoms. The molecule has 0 aromatic carbocycles. The molecule has 2 unspecified atom stereocenters. The Morgan fingerprint density at radius 1 is 0.679 bits per heavy atom. The van der Waals surface area contributed by atoms with Gasteiger partial charge in [0.15, 0.2) is 0 Å². The van der Waals surface area contributed by atoms with E-state index in [0.717, 1.165) is 38.5 Å². The average Bonchev–Trinajstić information content (AvgIpc) is 2.61. The SMILES string of the molecule is CCCCCCCCCCCCCCC(O)CCCCCC(C)S(=O)(=O)[O-].[K+]. The van der Waals surface area contributed by atoms with Gasteiger partial charge in [-0.1, -0.05) is 103 Å². The Hall–Kier alpha value is 1.51. The maximum Gasteiger partial charge on any atom is 1.00 e. The summed E-state index contributed by atoms with van der Waals surface area (Å²) in [5, 5.41) is 9.21. The second-order valence-corrected chi connectivity index (χ2v) is 10.1. The topological polar surface area (TPSA) is 77.4 Å². The Bertz CT molecular complexity index is 415. The molecule has 2 atom stereocenters. The smallest absolute Gasteiger partial charge is 0.748 e. The van der Waals surface area contributed by atoms with E-state index in [2.05, 4.69) is 6.92 Å². The molecule has 28 heavy (non-hydrogen) atoms. The molecule has 1 N–H and O–H groups in total. The monoisotopic (exact) mass is 444 g/mol. The van der Waals surface area contributed by atoms with E-state index >= 15 is 0 Å². The number of rotatable bonds is 20. The van der Waals surface area contributed by atoms with Gasteiger partial charge in [0.05, 0.1) is 16.2 Å². The summed E-state index contributed by atoms with van der Waals surface area (Å²) >= 11 is 0. The molecule has 0 amide bonds. The van der Waals surface area contributed by atoms with Gasteiger partial charge in [0, 0.05) is 5.25 Å². The normalized spacial score (nSPS) is 13.9. The maximum atomic E-state index is 10.8. The predicted molar refractivity (Wildman–Crippen MR) is 114 cm³/mol. The fraction of sp³-hybridized carbons (Fsp3) is 1.00. The van der Waals surface area contributed by atoms with Crippen molar-refractivity contribution >= 4 is 10.1 Å². The van der Waals surface area contributed by atoms with Crippen LogP contribution in [0.1, 0.15) is 129 Å². The van der Waals surface area contributed by atoms with Crippen LogP contribution in [0.5, 0.6) is 0 Å². The van der Waals surface area contributed by atoms with E-state index in [-0.39, 0.29) is 57.5 Å². The fourth-order valence-electron chi connectivity index (χ4n) is 3.50. The molecule has 0 aromatic heterocycles. The molecule has 0 radical (unpaired) electrons. The van der Waals surface area contributed by atoms with Crippen molar-refractivity contribution < 1.29 is 69.5 Å². The number of hydrogen-bond acceptors (Lipinski definition) is 4. The molecule has 0 heterocycles. The Morgan fingerprint density at radius 3 is 1.39 bits per heavy atom. The van der Waals surface area contributed by atoms with Crippen LogP contribution in [0.15, 0.2) is 0 Å². The average molecular weight is 445 g/mol. The summed E-state index contributed by atoms with van der Waals surface area (Å²) in [4.78, 5) is 0. The summed E-state index contributed by atoms with van der Waals surface area (Å²) in [5.41, 5.74) is 0. The maximum absolute atomic E-state index is 10.8. The minimum Gasteiger partial charge on any atom is -0.748 e. The summed E-state index contributed by atoms with van der Waals surface area (Å²) in [6.45, 7) is 3.74. The zero-order valence-electron chi connectivity index (χ0n) is 19.0. The van der Waals surface area contributed by atoms with Gasteiger partial charge >= 0.3 is 51.4 Å². The summed E-state index contributed by atoms with van der Waals surface area (Å²) in [6, 6.07) is 0. The zero-order valence-corrected chi connectivity index (χ0v) is 22.9. The minimum absolute atomic E-state index is 0. The molecular formula is C22H45KO4S. The summed E-state index contributed by atoms with van der Waals surface area (Å²) in [6.07, 6.45) is 20.4. The number of aliphatic hydroxyl groups is 1. The first-order valence-corrected chi connectivity index (χ1v) is 13.0. The van der Waals surface area contributed by atoms with Gasteiger partial charge in [-0.3, -0.25) is 0 Å². The second kappa shape index (κ2) is 21.7. The van der Waals surface area contributed by atoms with Crippen LogP contribution in [0.4, 0.5) is 0 Å². The van der Waals surface area contributed by atoms with Gasteiger partial charge in [-0.25, -0.2) is 8.42 Å². The van der Waals surface area contributed by atoms with Crippen molar-refractivity contribution in [3.05, 3.63) is 0 Å². The molecule has 0 aromatic rings. The van der Waals surface area contributed by atoms with Crippen LogP contribution in [0.2, 0.25) is 0 Å². The van der Waals surface area contributed by atoms with Crippen LogP contribution in [-0.4, -0.2) is 29.4 Å². The number of aliphatic hydroxyl groups excluding tert-OH is 1. The van der Waals surface area contributed by atoms with E-state index in [1.165, 1.54) is 77.6 Å². The van der Waals surface area contributed by atoms with Gasteiger partial charge in [-0.05, 0) is 26.2 Å². The molecule has 6 heteroatoms. The number of unbranched alkanes of at least 4 members (excludes halogenated alkanes) is 13. The van der Waals surface area contributed by atoms with Crippen molar-refractivity contribution in [2.24, 2.45) is 0 Å². The predicted octanol–water partition coefficient (Wildman–Crippen LogP) is 3.33. The van der Waals surface area contributed by atoms with Crippen LogP contribution < -0.4 is 51.4 Å². The largest absolute Gasteiger partial charge is 1.00 e. The van der Waals surface area contributed by atoms with E-state index in [9.17, 15) is 18.1 Å². The van der Waals surface area contributed by atoms with Crippen LogP contribution in [-0.2, 0) is 10.1 Å². The van der Waals surface area contributed by atoms with Crippen LogP contribution in [0, 0.1) is 0 Å². The molecule has 0 saturated heterocycles. The minimum atomic E-state index is -4.14. The molecule has 4 nitrogen and oxygen atoms in total. The Labute approximate surface area is 218 Å². The molecule has 0 rings (SSSR count). The van der Waals surface area contributed by atoms with E-state index in [1.807, 2.05) is 0 Å². The molecule has 0 saturated carbocycles. The molecule has 164 valence electrons. The van der Waals surface area contributed by atoms with E-state index < -0.39 is 15.4 Å². The van der Waals surface area contributed by atoms with Gasteiger partial charge in [0.25, 0.3) is 0 Å². The van der Waals surface area contributed by atoms with Crippen LogP contribution >= 0.6 is 0 Å². The van der Waals surface area contributed by atoms with Gasteiger partial charge in [-0.15, -0.1) is 0 Å². The first-order chi connectivity index (χ1) is 12.9. The standard InChI is InChI=1S/C22H46O4S.K/c1-3-4-5-6-7-8-9-10-11-12-13-16-19-22(23)20-17-14-15-18-21(2)27(24,25)26;/h21-23H,3-20H2,1-2H3,(H,24,25,26);/q;+1/p-1. The molecule has 0 aliphatic rings. The van der Waals surface area contributed by atoms with Crippen LogP contribution in [0.25, 0.3) is 0 Å². The quantitative estimate of drug-likeness (QED) is 0.177. The van der Waals surface area contributed by atoms with Crippen molar-refractivity contribution in [1.82, 2.24) is 0 Å². The zero-order chi connectivity index (χ0) is 20.4. The van der Waals surface area contributed by atoms with Crippen molar-refractivity contribution in [3.63, 3.8) is 0 Å².